The van der Waals surface area contributed by atoms with E-state index in [0.29, 0.717) is 18.6 Å². The summed E-state index contributed by atoms with van der Waals surface area (Å²) in [6, 6.07) is 0. The maximum Gasteiger partial charge on any atom is 0.306 e. The van der Waals surface area contributed by atoms with Crippen LogP contribution < -0.4 is 0 Å². The van der Waals surface area contributed by atoms with E-state index >= 15 is 0 Å². The van der Waals surface area contributed by atoms with E-state index in [1.54, 1.807) is 0 Å². The van der Waals surface area contributed by atoms with E-state index in [1.807, 2.05) is 6.92 Å². The molecular formula is C19H28O4. The lowest BCUT2D eigenvalue weighted by Crippen LogP contribution is -2.60. The lowest BCUT2D eigenvalue weighted by Gasteiger charge is -2.62. The number of hydrogen-bond donors (Lipinski definition) is 0. The molecule has 0 saturated heterocycles. The Balaban J connectivity index is 2.02. The molecule has 3 rings (SSSR count). The van der Waals surface area contributed by atoms with E-state index in [9.17, 15) is 14.4 Å². The second-order valence-corrected chi connectivity index (χ2v) is 8.58. The Hall–Kier alpha value is -1.19. The van der Waals surface area contributed by atoms with Gasteiger partial charge in [0, 0.05) is 24.2 Å². The van der Waals surface area contributed by atoms with Crippen LogP contribution in [0.3, 0.4) is 0 Å². The van der Waals surface area contributed by atoms with E-state index in [4.69, 9.17) is 4.74 Å². The Morgan fingerprint density at radius 2 is 1.74 bits per heavy atom. The number of rotatable bonds is 2. The number of methoxy groups -OCH3 is 1. The van der Waals surface area contributed by atoms with Crippen molar-refractivity contribution in [2.45, 2.75) is 65.7 Å². The van der Waals surface area contributed by atoms with Crippen LogP contribution in [0.1, 0.15) is 65.7 Å². The van der Waals surface area contributed by atoms with Gasteiger partial charge in [0.2, 0.25) is 0 Å². The van der Waals surface area contributed by atoms with Gasteiger partial charge in [-0.05, 0) is 42.4 Å². The monoisotopic (exact) mass is 320 g/mol. The highest BCUT2D eigenvalue weighted by molar-refractivity contribution is 5.90. The maximum absolute atomic E-state index is 12.8. The van der Waals surface area contributed by atoms with Gasteiger partial charge in [0.25, 0.3) is 0 Å². The van der Waals surface area contributed by atoms with Crippen LogP contribution in [0.15, 0.2) is 0 Å². The fourth-order valence-electron chi connectivity index (χ4n) is 6.23. The second-order valence-electron chi connectivity index (χ2n) is 8.58. The molecule has 0 aromatic rings. The molecule has 0 aromatic heterocycles. The molecule has 3 aliphatic carbocycles. The molecule has 5 atom stereocenters. The molecule has 3 aliphatic rings. The first-order chi connectivity index (χ1) is 10.7. The molecule has 3 fully saturated rings. The van der Waals surface area contributed by atoms with Crippen LogP contribution in [0, 0.1) is 28.1 Å². The van der Waals surface area contributed by atoms with Gasteiger partial charge in [-0.25, -0.2) is 0 Å². The first kappa shape index (κ1) is 16.7. The van der Waals surface area contributed by atoms with Crippen LogP contribution >= 0.6 is 0 Å². The van der Waals surface area contributed by atoms with Crippen molar-refractivity contribution < 1.29 is 19.1 Å². The number of esters is 1. The van der Waals surface area contributed by atoms with Crippen molar-refractivity contribution in [2.75, 3.05) is 7.11 Å². The summed E-state index contributed by atoms with van der Waals surface area (Å²) in [7, 11) is 1.38. The number of ether oxygens (including phenoxy) is 1. The van der Waals surface area contributed by atoms with E-state index in [2.05, 4.69) is 13.8 Å². The predicted octanol–water partition coefficient (Wildman–Crippen LogP) is 3.32. The zero-order chi connectivity index (χ0) is 17.0. The van der Waals surface area contributed by atoms with Crippen LogP contribution in [-0.4, -0.2) is 24.6 Å². The summed E-state index contributed by atoms with van der Waals surface area (Å²) >= 11 is 0. The number of Topliss-reactive ketones (excluding diaryl/α,β-unsaturated/α-hetero) is 2. The Kier molecular flexibility index (Phi) is 3.73. The molecule has 0 heterocycles. The van der Waals surface area contributed by atoms with Gasteiger partial charge >= 0.3 is 5.97 Å². The first-order valence-electron chi connectivity index (χ1n) is 8.82. The standard InChI is InChI=1S/C19H28O4/c1-17(11-16(22)23-4)14-6-5-12-13(20)7-9-18(12,2)19(14,3)10-8-15(17)21/h12,14H,5-11H2,1-4H3. The summed E-state index contributed by atoms with van der Waals surface area (Å²) in [6.45, 7) is 6.47. The number of fused-ring (bicyclic) bond motifs is 3. The highest BCUT2D eigenvalue weighted by Gasteiger charge is 2.66. The first-order valence-corrected chi connectivity index (χ1v) is 8.82. The molecule has 0 bridgehead atoms. The molecule has 0 aliphatic heterocycles. The van der Waals surface area contributed by atoms with Gasteiger partial charge < -0.3 is 4.74 Å². The zero-order valence-corrected chi connectivity index (χ0v) is 14.7. The van der Waals surface area contributed by atoms with Crippen LogP contribution in [0.4, 0.5) is 0 Å². The number of hydrogen-bond acceptors (Lipinski definition) is 4. The highest BCUT2D eigenvalue weighted by atomic mass is 16.5. The third-order valence-corrected chi connectivity index (χ3v) is 7.88. The van der Waals surface area contributed by atoms with Crippen molar-refractivity contribution >= 4 is 17.5 Å². The molecule has 0 amide bonds. The third kappa shape index (κ3) is 2.06. The molecule has 0 aromatic carbocycles. The number of ketones is 2. The molecule has 128 valence electrons. The van der Waals surface area contributed by atoms with Crippen LogP contribution in [0.25, 0.3) is 0 Å². The number of carbonyl (C=O) groups excluding carboxylic acids is 3. The van der Waals surface area contributed by atoms with Gasteiger partial charge in [0.05, 0.1) is 13.5 Å². The van der Waals surface area contributed by atoms with Crippen molar-refractivity contribution in [3.05, 3.63) is 0 Å². The lowest BCUT2D eigenvalue weighted by molar-refractivity contribution is -0.175. The average molecular weight is 320 g/mol. The van der Waals surface area contributed by atoms with E-state index in [-0.39, 0.29) is 40.8 Å². The largest absolute Gasteiger partial charge is 0.469 e. The highest BCUT2D eigenvalue weighted by Crippen LogP contribution is 2.69. The van der Waals surface area contributed by atoms with Gasteiger partial charge in [-0.3, -0.25) is 14.4 Å². The van der Waals surface area contributed by atoms with Gasteiger partial charge in [-0.2, -0.15) is 0 Å². The van der Waals surface area contributed by atoms with Crippen molar-refractivity contribution in [3.8, 4) is 0 Å². The van der Waals surface area contributed by atoms with Crippen LogP contribution in [0.2, 0.25) is 0 Å². The molecular weight excluding hydrogens is 292 g/mol. The topological polar surface area (TPSA) is 60.4 Å². The van der Waals surface area contributed by atoms with E-state index in [0.717, 1.165) is 25.7 Å². The summed E-state index contributed by atoms with van der Waals surface area (Å²) in [5, 5.41) is 0. The van der Waals surface area contributed by atoms with Crippen molar-refractivity contribution in [3.63, 3.8) is 0 Å². The molecule has 3 saturated carbocycles. The minimum absolute atomic E-state index is 0.0366. The Bertz CT molecular complexity index is 568. The molecule has 23 heavy (non-hydrogen) atoms. The normalized spacial score (nSPS) is 46.3. The van der Waals surface area contributed by atoms with Gasteiger partial charge in [-0.15, -0.1) is 0 Å². The van der Waals surface area contributed by atoms with Gasteiger partial charge in [-0.1, -0.05) is 20.8 Å². The van der Waals surface area contributed by atoms with Gasteiger partial charge in [0.15, 0.2) is 0 Å². The molecule has 0 radical (unpaired) electrons. The minimum atomic E-state index is -0.653. The summed E-state index contributed by atoms with van der Waals surface area (Å²) < 4.78 is 4.86. The predicted molar refractivity (Wildman–Crippen MR) is 85.7 cm³/mol. The van der Waals surface area contributed by atoms with E-state index in [1.165, 1.54) is 7.11 Å². The Morgan fingerprint density at radius 3 is 2.39 bits per heavy atom. The fraction of sp³-hybridized carbons (Fsp3) is 0.842. The zero-order valence-electron chi connectivity index (χ0n) is 14.7. The maximum atomic E-state index is 12.8. The summed E-state index contributed by atoms with van der Waals surface area (Å²) in [5.74, 6) is 0.581. The molecule has 0 spiro atoms. The molecule has 4 nitrogen and oxygen atoms in total. The smallest absolute Gasteiger partial charge is 0.306 e. The quantitative estimate of drug-likeness (QED) is 0.732. The molecule has 5 unspecified atom stereocenters. The molecule has 0 N–H and O–H groups in total. The van der Waals surface area contributed by atoms with Crippen molar-refractivity contribution in [1.29, 1.82) is 0 Å². The lowest BCUT2D eigenvalue weighted by atomic mass is 9.41. The Morgan fingerprint density at radius 1 is 1.09 bits per heavy atom. The third-order valence-electron chi connectivity index (χ3n) is 7.88. The number of carbonyl (C=O) groups is 3. The molecule has 4 heteroatoms. The average Bonchev–Trinajstić information content (AvgIpc) is 2.81. The van der Waals surface area contributed by atoms with Gasteiger partial charge in [0.1, 0.15) is 11.6 Å². The second kappa shape index (κ2) is 5.15. The Labute approximate surface area is 138 Å². The minimum Gasteiger partial charge on any atom is -0.469 e. The van der Waals surface area contributed by atoms with Crippen LogP contribution in [-0.2, 0) is 19.1 Å². The van der Waals surface area contributed by atoms with Crippen LogP contribution in [0.5, 0.6) is 0 Å². The van der Waals surface area contributed by atoms with E-state index < -0.39 is 5.41 Å². The van der Waals surface area contributed by atoms with Crippen molar-refractivity contribution in [1.82, 2.24) is 0 Å². The summed E-state index contributed by atoms with van der Waals surface area (Å²) in [4.78, 5) is 37.0. The SMILES string of the molecule is COC(=O)CC1(C)C(=O)CCC2(C)C1CCC1C(=O)CCC12C. The summed E-state index contributed by atoms with van der Waals surface area (Å²) in [5.41, 5.74) is -0.746. The van der Waals surface area contributed by atoms with Crippen molar-refractivity contribution in [2.24, 2.45) is 28.1 Å². The fourth-order valence-corrected chi connectivity index (χ4v) is 6.23. The summed E-state index contributed by atoms with van der Waals surface area (Å²) in [6.07, 6.45) is 4.83.